The molecule has 146 valence electrons. The molecule has 8 heteroatoms. The molecule has 1 amide bonds. The zero-order valence-electron chi connectivity index (χ0n) is 15.8. The summed E-state index contributed by atoms with van der Waals surface area (Å²) in [6.45, 7) is 4.65. The molecule has 1 fully saturated rings. The third kappa shape index (κ3) is 4.39. The maximum Gasteiger partial charge on any atom is 0.247 e. The van der Waals surface area contributed by atoms with Crippen molar-refractivity contribution in [2.24, 2.45) is 0 Å². The standard InChI is InChI=1S/C19H26N4O3S/c1-15-7-8-17(21-19(24)16(2)22-12-9-20-14-22)13-18(15)27(25,26)23-10-5-3-4-6-11-23/h7-9,12-14,16H,3-6,10-11H2,1-2H3,(H,21,24)/t16-/m0/s1. The van der Waals surface area contributed by atoms with Crippen molar-refractivity contribution in [1.82, 2.24) is 13.9 Å². The van der Waals surface area contributed by atoms with Crippen molar-refractivity contribution in [1.29, 1.82) is 0 Å². The second-order valence-electron chi connectivity index (χ2n) is 6.97. The lowest BCUT2D eigenvalue weighted by Crippen LogP contribution is -2.32. The number of amides is 1. The van der Waals surface area contributed by atoms with E-state index >= 15 is 0 Å². The molecule has 2 aromatic rings. The van der Waals surface area contributed by atoms with Gasteiger partial charge in [0, 0.05) is 31.2 Å². The molecule has 0 aliphatic carbocycles. The molecule has 3 rings (SSSR count). The Hall–Kier alpha value is -2.19. The lowest BCUT2D eigenvalue weighted by Gasteiger charge is -2.22. The smallest absolute Gasteiger partial charge is 0.247 e. The van der Waals surface area contributed by atoms with Crippen LogP contribution in [0.5, 0.6) is 0 Å². The van der Waals surface area contributed by atoms with Gasteiger partial charge in [-0.1, -0.05) is 18.9 Å². The highest BCUT2D eigenvalue weighted by Crippen LogP contribution is 2.26. The summed E-state index contributed by atoms with van der Waals surface area (Å²) in [4.78, 5) is 16.7. The van der Waals surface area contributed by atoms with E-state index in [4.69, 9.17) is 0 Å². The third-order valence-electron chi connectivity index (χ3n) is 4.99. The molecule has 0 radical (unpaired) electrons. The second kappa shape index (κ2) is 8.22. The van der Waals surface area contributed by atoms with Gasteiger partial charge in [-0.3, -0.25) is 4.79 Å². The van der Waals surface area contributed by atoms with E-state index in [1.54, 1.807) is 59.6 Å². The molecule has 27 heavy (non-hydrogen) atoms. The number of sulfonamides is 1. The van der Waals surface area contributed by atoms with Crippen molar-refractivity contribution in [2.45, 2.75) is 50.5 Å². The summed E-state index contributed by atoms with van der Waals surface area (Å²) in [5.74, 6) is -0.227. The zero-order valence-corrected chi connectivity index (χ0v) is 16.6. The number of anilines is 1. The molecule has 7 nitrogen and oxygen atoms in total. The van der Waals surface area contributed by atoms with Gasteiger partial charge in [-0.2, -0.15) is 4.31 Å². The summed E-state index contributed by atoms with van der Waals surface area (Å²) in [6.07, 6.45) is 8.81. The molecule has 0 bridgehead atoms. The van der Waals surface area contributed by atoms with Crippen LogP contribution in [0.15, 0.2) is 41.8 Å². The van der Waals surface area contributed by atoms with E-state index in [-0.39, 0.29) is 10.8 Å². The predicted octanol–water partition coefficient (Wildman–Crippen LogP) is 2.96. The van der Waals surface area contributed by atoms with E-state index in [9.17, 15) is 13.2 Å². The van der Waals surface area contributed by atoms with Crippen LogP contribution in [0, 0.1) is 6.92 Å². The lowest BCUT2D eigenvalue weighted by molar-refractivity contribution is -0.118. The van der Waals surface area contributed by atoms with Crippen LogP contribution in [0.2, 0.25) is 0 Å². The highest BCUT2D eigenvalue weighted by molar-refractivity contribution is 7.89. The maximum absolute atomic E-state index is 13.1. The van der Waals surface area contributed by atoms with Gasteiger partial charge in [0.1, 0.15) is 6.04 Å². The number of imidazole rings is 1. The topological polar surface area (TPSA) is 84.3 Å². The van der Waals surface area contributed by atoms with Gasteiger partial charge in [0.05, 0.1) is 11.2 Å². The van der Waals surface area contributed by atoms with Gasteiger partial charge in [0.2, 0.25) is 15.9 Å². The monoisotopic (exact) mass is 390 g/mol. The molecular weight excluding hydrogens is 364 g/mol. The average Bonchev–Trinajstić information content (AvgIpc) is 3.03. The Kier molecular flexibility index (Phi) is 5.96. The van der Waals surface area contributed by atoms with Gasteiger partial charge in [-0.15, -0.1) is 0 Å². The Balaban J connectivity index is 1.82. The van der Waals surface area contributed by atoms with Gasteiger partial charge in [0.25, 0.3) is 0 Å². The minimum atomic E-state index is -3.57. The number of nitrogens with zero attached hydrogens (tertiary/aromatic N) is 3. The van der Waals surface area contributed by atoms with Gasteiger partial charge in [0.15, 0.2) is 0 Å². The lowest BCUT2D eigenvalue weighted by atomic mass is 10.2. The first kappa shape index (κ1) is 19.6. The summed E-state index contributed by atoms with van der Waals surface area (Å²) in [5.41, 5.74) is 1.16. The van der Waals surface area contributed by atoms with E-state index in [0.29, 0.717) is 24.3 Å². The first-order chi connectivity index (χ1) is 12.9. The quantitative estimate of drug-likeness (QED) is 0.851. The fraction of sp³-hybridized carbons (Fsp3) is 0.474. The van der Waals surface area contributed by atoms with Gasteiger partial charge in [-0.05, 0) is 44.4 Å². The van der Waals surface area contributed by atoms with E-state index < -0.39 is 16.1 Å². The summed E-state index contributed by atoms with van der Waals surface area (Å²) < 4.78 is 29.5. The SMILES string of the molecule is Cc1ccc(NC(=O)[C@H](C)n2ccnc2)cc1S(=O)(=O)N1CCCCCC1. The van der Waals surface area contributed by atoms with Crippen molar-refractivity contribution in [3.8, 4) is 0 Å². The van der Waals surface area contributed by atoms with Crippen LogP contribution in [-0.4, -0.2) is 41.3 Å². The minimum Gasteiger partial charge on any atom is -0.325 e. The van der Waals surface area contributed by atoms with Crippen molar-refractivity contribution in [3.05, 3.63) is 42.5 Å². The second-order valence-corrected chi connectivity index (χ2v) is 8.88. The number of hydrogen-bond acceptors (Lipinski definition) is 4. The maximum atomic E-state index is 13.1. The fourth-order valence-electron chi connectivity index (χ4n) is 3.26. The van der Waals surface area contributed by atoms with Crippen molar-refractivity contribution in [2.75, 3.05) is 18.4 Å². The number of aromatic nitrogens is 2. The van der Waals surface area contributed by atoms with Crippen LogP contribution in [0.4, 0.5) is 5.69 Å². The molecule has 0 unspecified atom stereocenters. The number of carbonyl (C=O) groups is 1. The van der Waals surface area contributed by atoms with E-state index in [1.807, 2.05) is 0 Å². The largest absolute Gasteiger partial charge is 0.325 e. The Morgan fingerprint density at radius 2 is 1.89 bits per heavy atom. The van der Waals surface area contributed by atoms with Crippen molar-refractivity contribution in [3.63, 3.8) is 0 Å². The summed E-state index contributed by atoms with van der Waals surface area (Å²) in [7, 11) is -3.57. The molecule has 0 saturated carbocycles. The number of rotatable bonds is 5. The molecule has 1 N–H and O–H groups in total. The van der Waals surface area contributed by atoms with Crippen LogP contribution < -0.4 is 5.32 Å². The van der Waals surface area contributed by atoms with Crippen LogP contribution >= 0.6 is 0 Å². The van der Waals surface area contributed by atoms with E-state index in [2.05, 4.69) is 10.3 Å². The highest BCUT2D eigenvalue weighted by Gasteiger charge is 2.27. The van der Waals surface area contributed by atoms with Gasteiger partial charge in [-0.25, -0.2) is 13.4 Å². The van der Waals surface area contributed by atoms with Crippen LogP contribution in [0.3, 0.4) is 0 Å². The van der Waals surface area contributed by atoms with Crippen LogP contribution in [0.25, 0.3) is 0 Å². The first-order valence-corrected chi connectivity index (χ1v) is 10.7. The first-order valence-electron chi connectivity index (χ1n) is 9.28. The minimum absolute atomic E-state index is 0.227. The molecule has 1 aliphatic rings. The van der Waals surface area contributed by atoms with Crippen molar-refractivity contribution < 1.29 is 13.2 Å². The third-order valence-corrected chi connectivity index (χ3v) is 7.03. The average molecular weight is 391 g/mol. The molecule has 1 aliphatic heterocycles. The number of nitrogens with one attached hydrogen (secondary N) is 1. The molecule has 1 aromatic carbocycles. The molecule has 2 heterocycles. The molecule has 0 spiro atoms. The van der Waals surface area contributed by atoms with Gasteiger partial charge < -0.3 is 9.88 Å². The molecule has 1 saturated heterocycles. The molecular formula is C19H26N4O3S. The van der Waals surface area contributed by atoms with Crippen molar-refractivity contribution >= 4 is 21.6 Å². The number of carbonyl (C=O) groups excluding carboxylic acids is 1. The Morgan fingerprint density at radius 3 is 2.52 bits per heavy atom. The number of hydrogen-bond donors (Lipinski definition) is 1. The number of aryl methyl sites for hydroxylation is 1. The Bertz CT molecular complexity index is 886. The van der Waals surface area contributed by atoms with Gasteiger partial charge >= 0.3 is 0 Å². The summed E-state index contributed by atoms with van der Waals surface area (Å²) in [5, 5.41) is 2.81. The predicted molar refractivity (Wildman–Crippen MR) is 104 cm³/mol. The van der Waals surface area contributed by atoms with Crippen LogP contribution in [0.1, 0.15) is 44.2 Å². The molecule has 1 aromatic heterocycles. The summed E-state index contributed by atoms with van der Waals surface area (Å²) in [6, 6.07) is 4.59. The van der Waals surface area contributed by atoms with Crippen LogP contribution in [-0.2, 0) is 14.8 Å². The van der Waals surface area contributed by atoms with E-state index in [0.717, 1.165) is 25.7 Å². The normalized spacial score (nSPS) is 17.3. The molecule has 1 atom stereocenters. The number of benzene rings is 1. The van der Waals surface area contributed by atoms with E-state index in [1.165, 1.54) is 0 Å². The Morgan fingerprint density at radius 1 is 1.19 bits per heavy atom. The Labute approximate surface area is 160 Å². The highest BCUT2D eigenvalue weighted by atomic mass is 32.2. The fourth-order valence-corrected chi connectivity index (χ4v) is 5.03. The summed E-state index contributed by atoms with van der Waals surface area (Å²) >= 11 is 0. The zero-order chi connectivity index (χ0) is 19.4.